The molecule has 3 unspecified atom stereocenters. The van der Waals surface area contributed by atoms with Gasteiger partial charge in [-0.25, -0.2) is 8.78 Å². The fraction of sp³-hybridized carbons (Fsp3) is 0.538. The number of methoxy groups -OCH3 is 1. The molecular weight excluding hydrogens is 484 g/mol. The van der Waals surface area contributed by atoms with E-state index in [0.717, 1.165) is 6.42 Å². The molecular formula is C26H29F2N5O4. The largest absolute Gasteiger partial charge is 0.496 e. The van der Waals surface area contributed by atoms with Crippen LogP contribution in [0, 0.1) is 34.5 Å². The van der Waals surface area contributed by atoms with Gasteiger partial charge in [0, 0.05) is 47.7 Å². The van der Waals surface area contributed by atoms with Crippen LogP contribution in [0.3, 0.4) is 0 Å². The molecule has 4 N–H and O–H groups in total. The van der Waals surface area contributed by atoms with Gasteiger partial charge >= 0.3 is 0 Å². The second-order valence-corrected chi connectivity index (χ2v) is 10.5. The normalized spacial score (nSPS) is 29.4. The summed E-state index contributed by atoms with van der Waals surface area (Å²) in [7, 11) is 1.51. The van der Waals surface area contributed by atoms with Crippen LogP contribution in [0.25, 0.3) is 10.9 Å². The van der Waals surface area contributed by atoms with Crippen LogP contribution >= 0.6 is 0 Å². The molecule has 196 valence electrons. The first-order chi connectivity index (χ1) is 17.6. The smallest absolute Gasteiger partial charge is 0.271 e. The summed E-state index contributed by atoms with van der Waals surface area (Å²) in [5.41, 5.74) is 5.33. The molecule has 3 aliphatic rings. The van der Waals surface area contributed by atoms with Gasteiger partial charge in [0.05, 0.1) is 19.1 Å². The molecule has 2 aromatic rings. The van der Waals surface area contributed by atoms with Crippen molar-refractivity contribution in [3.8, 4) is 11.8 Å². The number of ether oxygens (including phenoxy) is 1. The number of carbonyl (C=O) groups is 3. The number of carbonyl (C=O) groups excluding carboxylic acids is 3. The van der Waals surface area contributed by atoms with Gasteiger partial charge in [0.15, 0.2) is 0 Å². The molecule has 1 aromatic heterocycles. The Bertz CT molecular complexity index is 1300. The number of fused-ring (bicyclic) bond motifs is 1. The lowest BCUT2D eigenvalue weighted by Crippen LogP contribution is -2.61. The molecule has 5 atom stereocenters. The summed E-state index contributed by atoms with van der Waals surface area (Å²) < 4.78 is 35.5. The number of hydrogen-bond donors (Lipinski definition) is 3. The number of nitriles is 1. The number of hydrogen-bond acceptors (Lipinski definition) is 5. The molecule has 1 aliphatic carbocycles. The van der Waals surface area contributed by atoms with Crippen molar-refractivity contribution >= 4 is 28.6 Å². The average molecular weight is 514 g/mol. The predicted molar refractivity (Wildman–Crippen MR) is 128 cm³/mol. The maximum atomic E-state index is 15.1. The summed E-state index contributed by atoms with van der Waals surface area (Å²) >= 11 is 0. The van der Waals surface area contributed by atoms with Crippen LogP contribution in [-0.2, 0) is 9.59 Å². The molecule has 1 saturated carbocycles. The van der Waals surface area contributed by atoms with Crippen LogP contribution in [0.1, 0.15) is 42.6 Å². The summed E-state index contributed by atoms with van der Waals surface area (Å²) in [5.74, 6) is -7.14. The first kappa shape index (κ1) is 25.0. The number of likely N-dealkylation sites (tertiary alicyclic amines) is 1. The van der Waals surface area contributed by atoms with Crippen LogP contribution in [0.4, 0.5) is 8.78 Å². The lowest BCUT2D eigenvalue weighted by atomic mass is 9.51. The molecule has 37 heavy (non-hydrogen) atoms. The minimum atomic E-state index is -3.15. The third kappa shape index (κ3) is 4.08. The fourth-order valence-corrected chi connectivity index (χ4v) is 6.76. The number of aromatic nitrogens is 1. The van der Waals surface area contributed by atoms with Crippen LogP contribution in [-0.4, -0.2) is 59.8 Å². The van der Waals surface area contributed by atoms with E-state index in [9.17, 15) is 19.6 Å². The van der Waals surface area contributed by atoms with Gasteiger partial charge in [0.1, 0.15) is 17.5 Å². The number of nitrogens with two attached hydrogens (primary N) is 1. The average Bonchev–Trinajstić information content (AvgIpc) is 3.47. The number of halogens is 2. The van der Waals surface area contributed by atoms with E-state index in [-0.39, 0.29) is 31.0 Å². The number of rotatable bonds is 6. The van der Waals surface area contributed by atoms with Gasteiger partial charge < -0.3 is 25.7 Å². The van der Waals surface area contributed by atoms with E-state index in [1.165, 1.54) is 12.0 Å². The molecule has 11 heteroatoms. The van der Waals surface area contributed by atoms with Crippen LogP contribution in [0.5, 0.6) is 5.75 Å². The van der Waals surface area contributed by atoms with Gasteiger partial charge in [0.25, 0.3) is 11.8 Å². The van der Waals surface area contributed by atoms with Gasteiger partial charge in [-0.05, 0) is 43.9 Å². The van der Waals surface area contributed by atoms with E-state index in [4.69, 9.17) is 10.5 Å². The Balaban J connectivity index is 1.44. The van der Waals surface area contributed by atoms with Crippen molar-refractivity contribution in [2.45, 2.75) is 44.1 Å². The Hall–Kier alpha value is -3.68. The minimum Gasteiger partial charge on any atom is -0.496 e. The van der Waals surface area contributed by atoms with E-state index in [2.05, 4.69) is 10.3 Å². The van der Waals surface area contributed by atoms with Crippen molar-refractivity contribution < 1.29 is 27.9 Å². The highest BCUT2D eigenvalue weighted by atomic mass is 19.3. The highest BCUT2D eigenvalue weighted by molar-refractivity contribution is 6.01. The third-order valence-electron chi connectivity index (χ3n) is 8.33. The maximum Gasteiger partial charge on any atom is 0.271 e. The van der Waals surface area contributed by atoms with Gasteiger partial charge in [-0.2, -0.15) is 5.26 Å². The second kappa shape index (κ2) is 9.01. The molecule has 3 heterocycles. The molecule has 0 bridgehead atoms. The lowest BCUT2D eigenvalue weighted by Gasteiger charge is -2.54. The number of piperidine rings is 1. The monoisotopic (exact) mass is 513 g/mol. The molecule has 1 aromatic carbocycles. The minimum absolute atomic E-state index is 0.0152. The first-order valence-electron chi connectivity index (χ1n) is 12.4. The van der Waals surface area contributed by atoms with Gasteiger partial charge in [-0.3, -0.25) is 14.4 Å². The maximum absolute atomic E-state index is 15.1. The zero-order valence-electron chi connectivity index (χ0n) is 20.4. The molecule has 3 amide bonds. The van der Waals surface area contributed by atoms with Crippen molar-refractivity contribution in [1.29, 1.82) is 5.26 Å². The van der Waals surface area contributed by atoms with Crippen molar-refractivity contribution in [2.75, 3.05) is 20.2 Å². The van der Waals surface area contributed by atoms with E-state index in [1.807, 2.05) is 6.07 Å². The van der Waals surface area contributed by atoms with Crippen molar-refractivity contribution in [2.24, 2.45) is 28.9 Å². The highest BCUT2D eigenvalue weighted by Crippen LogP contribution is 2.65. The van der Waals surface area contributed by atoms with Gasteiger partial charge in [0.2, 0.25) is 11.8 Å². The lowest BCUT2D eigenvalue weighted by molar-refractivity contribution is -0.234. The zero-order chi connectivity index (χ0) is 26.5. The van der Waals surface area contributed by atoms with E-state index < -0.39 is 53.4 Å². The van der Waals surface area contributed by atoms with Crippen molar-refractivity contribution in [3.05, 3.63) is 30.0 Å². The molecule has 2 saturated heterocycles. The number of nitrogens with zero attached hydrogens (tertiary/aromatic N) is 2. The van der Waals surface area contributed by atoms with Crippen molar-refractivity contribution in [1.82, 2.24) is 15.2 Å². The Labute approximate surface area is 212 Å². The zero-order valence-corrected chi connectivity index (χ0v) is 20.4. The first-order valence-corrected chi connectivity index (χ1v) is 12.4. The highest BCUT2D eigenvalue weighted by Gasteiger charge is 2.71. The summed E-state index contributed by atoms with van der Waals surface area (Å²) in [6.45, 7) is 0.411. The Morgan fingerprint density at radius 1 is 1.38 bits per heavy atom. The molecule has 9 nitrogen and oxygen atoms in total. The summed E-state index contributed by atoms with van der Waals surface area (Å²) in [6, 6.07) is 7.83. The molecule has 1 spiro atoms. The number of benzene rings is 1. The summed E-state index contributed by atoms with van der Waals surface area (Å²) in [4.78, 5) is 42.5. The van der Waals surface area contributed by atoms with Crippen LogP contribution in [0.2, 0.25) is 0 Å². The molecule has 5 rings (SSSR count). The number of alkyl halides is 2. The van der Waals surface area contributed by atoms with E-state index >= 15 is 8.78 Å². The van der Waals surface area contributed by atoms with Crippen LogP contribution in [0.15, 0.2) is 24.3 Å². The second-order valence-electron chi connectivity index (χ2n) is 10.5. The Kier molecular flexibility index (Phi) is 6.09. The summed E-state index contributed by atoms with van der Waals surface area (Å²) in [6.07, 6.45) is 0.678. The molecule has 0 radical (unpaired) electrons. The third-order valence-corrected chi connectivity index (χ3v) is 8.33. The number of primary amides is 1. The molecule has 2 aliphatic heterocycles. The Morgan fingerprint density at radius 3 is 2.81 bits per heavy atom. The number of nitrogens with one attached hydrogen (secondary N) is 2. The standard InChI is InChI=1S/C26H29F2N5O4/c1-37-20-6-2-5-17-16(20)9-18(32-17)24(36)33-13-25(10-19(33)22(30)34)12-26(27,28)21(25)15(11-29)8-14-4-3-7-31-23(14)35/h2,5-6,9,14-15,19,21,32H,3-4,7-8,10,12-13H2,1H3,(H2,30,34)(H,31,35)/t14-,15+,19?,21?,25?/m0/s1. The van der Waals surface area contributed by atoms with Gasteiger partial charge in [-0.15, -0.1) is 0 Å². The Morgan fingerprint density at radius 2 is 2.16 bits per heavy atom. The predicted octanol–water partition coefficient (Wildman–Crippen LogP) is 2.57. The van der Waals surface area contributed by atoms with Gasteiger partial charge in [-0.1, -0.05) is 6.07 Å². The fourth-order valence-electron chi connectivity index (χ4n) is 6.76. The topological polar surface area (TPSA) is 141 Å². The number of H-pyrrole nitrogens is 1. The molecule has 3 fully saturated rings. The van der Waals surface area contributed by atoms with E-state index in [0.29, 0.717) is 29.6 Å². The van der Waals surface area contributed by atoms with Crippen LogP contribution < -0.4 is 15.8 Å². The quantitative estimate of drug-likeness (QED) is 0.544. The number of amides is 3. The summed E-state index contributed by atoms with van der Waals surface area (Å²) in [5, 5.41) is 13.3. The van der Waals surface area contributed by atoms with Crippen molar-refractivity contribution in [3.63, 3.8) is 0 Å². The van der Waals surface area contributed by atoms with E-state index in [1.54, 1.807) is 24.3 Å². The SMILES string of the molecule is COc1cccc2[nH]c(C(=O)N3CC4(CC3C(N)=O)CC(F)(F)C4[C@@H](C#N)C[C@@H]3CCCNC3=O)cc12. The number of aromatic amines is 1.